The van der Waals surface area contributed by atoms with E-state index >= 15 is 0 Å². The molecule has 0 fully saturated rings. The molecule has 0 radical (unpaired) electrons. The SMILES string of the molecule is COc1cc2c3c(O)c1OCc1ccc(cc1)C[C@H]1c4c(cc(OC)c(OC)c4Oc4ccc(cc4)C(=O)C3=NCC2)CCN1C. The maximum atomic E-state index is 13.9. The lowest BCUT2D eigenvalue weighted by Gasteiger charge is -2.36. The number of ether oxygens (including phenoxy) is 5. The van der Waals surface area contributed by atoms with Crippen LogP contribution >= 0.6 is 0 Å². The molecule has 0 saturated heterocycles. The van der Waals surface area contributed by atoms with E-state index < -0.39 is 0 Å². The first-order chi connectivity index (χ1) is 22.4. The molecule has 6 bridgehead atoms. The van der Waals surface area contributed by atoms with Crippen molar-refractivity contribution in [3.8, 4) is 40.2 Å². The Kier molecular flexibility index (Phi) is 7.78. The number of methoxy groups -OCH3 is 3. The topological polar surface area (TPSA) is 99.1 Å². The zero-order valence-electron chi connectivity index (χ0n) is 26.4. The van der Waals surface area contributed by atoms with Crippen LogP contribution in [-0.2, 0) is 25.9 Å². The highest BCUT2D eigenvalue weighted by Gasteiger charge is 2.34. The summed E-state index contributed by atoms with van der Waals surface area (Å²) < 4.78 is 30.1. The van der Waals surface area contributed by atoms with E-state index in [4.69, 9.17) is 23.7 Å². The van der Waals surface area contributed by atoms with E-state index in [2.05, 4.69) is 35.1 Å². The predicted molar refractivity (Wildman–Crippen MR) is 174 cm³/mol. The van der Waals surface area contributed by atoms with Gasteiger partial charge in [-0.05, 0) is 85.0 Å². The van der Waals surface area contributed by atoms with Crippen molar-refractivity contribution >= 4 is 11.5 Å². The number of aliphatic imine (C=N–C) groups is 1. The molecule has 0 unspecified atom stereocenters. The minimum absolute atomic E-state index is 0.00885. The standard InChI is InChI=1S/C37H36N2O7/c1-39-16-14-25-19-29(43-3)36(44-4)37-30(25)27(39)17-21-5-7-22(8-6-21)20-45-35-28(42-2)18-24-13-15-38-32(31(24)34(35)41)33(40)23-9-11-26(46-37)12-10-23/h5-12,18-19,27,41H,13-17,20H2,1-4H3/t27-/m0/s1. The molecule has 1 N–H and O–H groups in total. The summed E-state index contributed by atoms with van der Waals surface area (Å²) in [5.74, 6) is 2.41. The fourth-order valence-electron chi connectivity index (χ4n) is 6.69. The Balaban J connectivity index is 1.39. The smallest absolute Gasteiger partial charge is 0.211 e. The number of aromatic hydroxyl groups is 1. The Hall–Kier alpha value is -5.02. The predicted octanol–water partition coefficient (Wildman–Crippen LogP) is 6.10. The van der Waals surface area contributed by atoms with Crippen molar-refractivity contribution in [3.63, 3.8) is 0 Å². The van der Waals surface area contributed by atoms with Crippen molar-refractivity contribution in [2.45, 2.75) is 31.9 Å². The molecule has 4 aromatic carbocycles. The van der Waals surface area contributed by atoms with Crippen molar-refractivity contribution in [3.05, 3.63) is 99.6 Å². The third kappa shape index (κ3) is 5.10. The zero-order valence-corrected chi connectivity index (χ0v) is 26.4. The number of hydrogen-bond donors (Lipinski definition) is 1. The van der Waals surface area contributed by atoms with E-state index in [1.54, 1.807) is 38.5 Å². The van der Waals surface area contributed by atoms with E-state index in [-0.39, 0.29) is 35.6 Å². The van der Waals surface area contributed by atoms with Crippen molar-refractivity contribution in [2.75, 3.05) is 41.5 Å². The summed E-state index contributed by atoms with van der Waals surface area (Å²) in [7, 11) is 6.91. The fraction of sp³-hybridized carbons (Fsp3) is 0.297. The lowest BCUT2D eigenvalue weighted by molar-refractivity contribution is 0.106. The second-order valence-electron chi connectivity index (χ2n) is 11.8. The largest absolute Gasteiger partial charge is 0.504 e. The van der Waals surface area contributed by atoms with Crippen LogP contribution in [0.15, 0.2) is 65.7 Å². The highest BCUT2D eigenvalue weighted by Crippen LogP contribution is 2.50. The van der Waals surface area contributed by atoms with Gasteiger partial charge in [-0.25, -0.2) is 0 Å². The maximum absolute atomic E-state index is 13.9. The molecule has 10 rings (SSSR count). The molecule has 0 spiro atoms. The highest BCUT2D eigenvalue weighted by molar-refractivity contribution is 6.52. The monoisotopic (exact) mass is 620 g/mol. The summed E-state index contributed by atoms with van der Waals surface area (Å²) in [6, 6.07) is 19.1. The first kappa shape index (κ1) is 29.7. The van der Waals surface area contributed by atoms with Gasteiger partial charge in [0.25, 0.3) is 0 Å². The van der Waals surface area contributed by atoms with Gasteiger partial charge in [0.15, 0.2) is 23.0 Å². The maximum Gasteiger partial charge on any atom is 0.211 e. The van der Waals surface area contributed by atoms with Gasteiger partial charge in [-0.1, -0.05) is 24.3 Å². The third-order valence-electron chi connectivity index (χ3n) is 9.15. The molecule has 0 amide bonds. The van der Waals surface area contributed by atoms with Crippen LogP contribution in [0.5, 0.6) is 40.2 Å². The van der Waals surface area contributed by atoms with Gasteiger partial charge in [0.05, 0.1) is 26.9 Å². The molecule has 6 aliphatic heterocycles. The molecule has 4 aromatic rings. The number of ketones is 1. The number of hydrogen-bond acceptors (Lipinski definition) is 9. The number of phenolic OH excluding ortho intramolecular Hbond substituents is 1. The zero-order chi connectivity index (χ0) is 31.9. The van der Waals surface area contributed by atoms with Gasteiger partial charge in [0, 0.05) is 30.3 Å². The number of Topliss-reactive ketones (excluding diaryl/α,β-unsaturated/α-hetero) is 1. The Morgan fingerprint density at radius 3 is 2.30 bits per heavy atom. The van der Waals surface area contributed by atoms with Crippen LogP contribution in [-0.4, -0.2) is 63.0 Å². The summed E-state index contributed by atoms with van der Waals surface area (Å²) in [6.07, 6.45) is 2.14. The van der Waals surface area contributed by atoms with Gasteiger partial charge in [-0.3, -0.25) is 14.7 Å². The average Bonchev–Trinajstić information content (AvgIpc) is 3.08. The van der Waals surface area contributed by atoms with Gasteiger partial charge in [-0.2, -0.15) is 0 Å². The quantitative estimate of drug-likeness (QED) is 0.293. The summed E-state index contributed by atoms with van der Waals surface area (Å²) in [6.45, 7) is 1.50. The number of benzene rings is 4. The molecule has 9 nitrogen and oxygen atoms in total. The molecule has 6 heterocycles. The van der Waals surface area contributed by atoms with E-state index in [9.17, 15) is 9.90 Å². The second kappa shape index (κ2) is 12.1. The Morgan fingerprint density at radius 2 is 1.59 bits per heavy atom. The van der Waals surface area contributed by atoms with Crippen molar-refractivity contribution < 1.29 is 33.6 Å². The molecule has 46 heavy (non-hydrogen) atoms. The van der Waals surface area contributed by atoms with E-state index in [0.29, 0.717) is 52.8 Å². The van der Waals surface area contributed by atoms with Gasteiger partial charge < -0.3 is 28.8 Å². The molecule has 0 aliphatic carbocycles. The summed E-state index contributed by atoms with van der Waals surface area (Å²) >= 11 is 0. The lowest BCUT2D eigenvalue weighted by Crippen LogP contribution is -2.34. The molecule has 1 atom stereocenters. The number of carbonyl (C=O) groups is 1. The molecular formula is C37H36N2O7. The summed E-state index contributed by atoms with van der Waals surface area (Å²) in [5, 5.41) is 11.5. The van der Waals surface area contributed by atoms with E-state index in [1.807, 2.05) is 18.2 Å². The summed E-state index contributed by atoms with van der Waals surface area (Å²) in [5.41, 5.74) is 6.04. The first-order valence-electron chi connectivity index (χ1n) is 15.4. The van der Waals surface area contributed by atoms with Crippen LogP contribution in [0.25, 0.3) is 0 Å². The number of nitrogens with zero attached hydrogens (tertiary/aromatic N) is 2. The first-order valence-corrected chi connectivity index (χ1v) is 15.4. The molecule has 6 aliphatic rings. The van der Waals surface area contributed by atoms with Crippen molar-refractivity contribution in [1.29, 1.82) is 0 Å². The number of carbonyl (C=O) groups excluding carboxylic acids is 1. The Labute approximate surface area is 268 Å². The Morgan fingerprint density at radius 1 is 0.870 bits per heavy atom. The van der Waals surface area contributed by atoms with Crippen LogP contribution in [0, 0.1) is 0 Å². The van der Waals surface area contributed by atoms with E-state index in [0.717, 1.165) is 47.2 Å². The highest BCUT2D eigenvalue weighted by atomic mass is 16.5. The number of rotatable bonds is 3. The summed E-state index contributed by atoms with van der Waals surface area (Å²) in [4.78, 5) is 20.8. The lowest BCUT2D eigenvalue weighted by atomic mass is 9.87. The van der Waals surface area contributed by atoms with Gasteiger partial charge in [0.1, 0.15) is 18.1 Å². The molecular weight excluding hydrogens is 584 g/mol. The minimum Gasteiger partial charge on any atom is -0.504 e. The van der Waals surface area contributed by atoms with E-state index in [1.165, 1.54) is 7.11 Å². The van der Waals surface area contributed by atoms with Crippen LogP contribution < -0.4 is 23.7 Å². The second-order valence-corrected chi connectivity index (χ2v) is 11.8. The van der Waals surface area contributed by atoms with Crippen molar-refractivity contribution in [1.82, 2.24) is 4.90 Å². The van der Waals surface area contributed by atoms with Gasteiger partial charge in [-0.15, -0.1) is 0 Å². The van der Waals surface area contributed by atoms with Gasteiger partial charge in [0.2, 0.25) is 17.3 Å². The Bertz CT molecular complexity index is 1850. The minimum atomic E-state index is -0.304. The number of phenols is 1. The number of likely N-dealkylation sites (N-methyl/N-ethyl adjacent to an activating group) is 1. The van der Waals surface area contributed by atoms with Crippen LogP contribution in [0.2, 0.25) is 0 Å². The normalized spacial score (nSPS) is 17.3. The van der Waals surface area contributed by atoms with Crippen LogP contribution in [0.4, 0.5) is 0 Å². The van der Waals surface area contributed by atoms with Crippen molar-refractivity contribution in [2.24, 2.45) is 4.99 Å². The van der Waals surface area contributed by atoms with Gasteiger partial charge >= 0.3 is 0 Å². The molecule has 0 saturated carbocycles. The molecule has 236 valence electrons. The fourth-order valence-corrected chi connectivity index (χ4v) is 6.69. The molecule has 9 heteroatoms. The average molecular weight is 621 g/mol. The molecule has 0 aromatic heterocycles. The van der Waals surface area contributed by atoms with Crippen LogP contribution in [0.1, 0.15) is 49.8 Å². The van der Waals surface area contributed by atoms with Crippen LogP contribution in [0.3, 0.4) is 0 Å². The third-order valence-corrected chi connectivity index (χ3v) is 9.15.